The van der Waals surface area contributed by atoms with Gasteiger partial charge in [0.15, 0.2) is 0 Å². The topological polar surface area (TPSA) is 101 Å². The summed E-state index contributed by atoms with van der Waals surface area (Å²) in [5.74, 6) is 0.168. The molecule has 3 aromatic rings. The lowest BCUT2D eigenvalue weighted by Gasteiger charge is -2.11. The summed E-state index contributed by atoms with van der Waals surface area (Å²) >= 11 is 5.77. The van der Waals surface area contributed by atoms with E-state index in [1.165, 1.54) is 12.1 Å². The van der Waals surface area contributed by atoms with E-state index in [0.717, 1.165) is 22.7 Å². The first-order valence-electron chi connectivity index (χ1n) is 7.56. The normalized spacial score (nSPS) is 12.1. The van der Waals surface area contributed by atoms with Crippen molar-refractivity contribution in [2.24, 2.45) is 0 Å². The third-order valence-electron chi connectivity index (χ3n) is 3.82. The van der Waals surface area contributed by atoms with Crippen molar-refractivity contribution in [3.05, 3.63) is 68.5 Å². The van der Waals surface area contributed by atoms with Crippen LogP contribution in [0.1, 0.15) is 34.7 Å². The molecular weight excluding hydrogens is 344 g/mol. The van der Waals surface area contributed by atoms with Crippen molar-refractivity contribution in [1.29, 1.82) is 0 Å². The second-order valence-corrected chi connectivity index (χ2v) is 6.17. The van der Waals surface area contributed by atoms with Crippen molar-refractivity contribution in [2.45, 2.75) is 19.9 Å². The molecule has 1 heterocycles. The number of aryl methyl sites for hydroxylation is 1. The molecule has 128 valence electrons. The Morgan fingerprint density at radius 2 is 2.08 bits per heavy atom. The van der Waals surface area contributed by atoms with Crippen LogP contribution in [0.5, 0.6) is 0 Å². The van der Waals surface area contributed by atoms with E-state index in [0.29, 0.717) is 5.82 Å². The lowest BCUT2D eigenvalue weighted by Crippen LogP contribution is -2.27. The maximum Gasteiger partial charge on any atom is 0.288 e. The Morgan fingerprint density at radius 3 is 2.80 bits per heavy atom. The van der Waals surface area contributed by atoms with Gasteiger partial charge in [-0.15, -0.1) is 0 Å². The Morgan fingerprint density at radius 1 is 1.32 bits per heavy atom. The number of H-pyrrole nitrogens is 1. The van der Waals surface area contributed by atoms with Gasteiger partial charge in [0.2, 0.25) is 0 Å². The minimum absolute atomic E-state index is 0.0118. The minimum atomic E-state index is -0.621. The average Bonchev–Trinajstić information content (AvgIpc) is 2.98. The number of rotatable bonds is 4. The molecule has 0 saturated heterocycles. The molecule has 1 aromatic heterocycles. The predicted octanol–water partition coefficient (Wildman–Crippen LogP) is 3.92. The molecule has 0 saturated carbocycles. The standard InChI is InChI=1S/C17H15ClN4O3/c1-9-3-6-13-14(7-9)21-16(20-13)10(2)19-17(23)11-4-5-12(18)15(8-11)22(24)25/h3-8,10H,1-2H3,(H,19,23)(H,20,21). The maximum absolute atomic E-state index is 12.4. The number of nitro benzene ring substituents is 1. The number of carbonyl (C=O) groups excluding carboxylic acids is 1. The fraction of sp³-hybridized carbons (Fsp3) is 0.176. The van der Waals surface area contributed by atoms with Gasteiger partial charge in [-0.1, -0.05) is 17.7 Å². The lowest BCUT2D eigenvalue weighted by molar-refractivity contribution is -0.384. The molecule has 2 aromatic carbocycles. The molecule has 25 heavy (non-hydrogen) atoms. The number of hydrogen-bond acceptors (Lipinski definition) is 4. The first-order chi connectivity index (χ1) is 11.8. The van der Waals surface area contributed by atoms with Gasteiger partial charge in [-0.05, 0) is 43.7 Å². The molecule has 0 aliphatic carbocycles. The quantitative estimate of drug-likeness (QED) is 0.545. The van der Waals surface area contributed by atoms with Crippen molar-refractivity contribution in [3.8, 4) is 0 Å². The average molecular weight is 359 g/mol. The molecule has 1 atom stereocenters. The highest BCUT2D eigenvalue weighted by molar-refractivity contribution is 6.32. The van der Waals surface area contributed by atoms with Crippen LogP contribution >= 0.6 is 11.6 Å². The summed E-state index contributed by atoms with van der Waals surface area (Å²) in [6, 6.07) is 9.39. The van der Waals surface area contributed by atoms with Crippen molar-refractivity contribution in [1.82, 2.24) is 15.3 Å². The highest BCUT2D eigenvalue weighted by Gasteiger charge is 2.19. The summed E-state index contributed by atoms with van der Waals surface area (Å²) in [5.41, 5.74) is 2.66. The molecule has 7 nitrogen and oxygen atoms in total. The fourth-order valence-electron chi connectivity index (χ4n) is 2.49. The molecular formula is C17H15ClN4O3. The van der Waals surface area contributed by atoms with Crippen LogP contribution in [0, 0.1) is 17.0 Å². The summed E-state index contributed by atoms with van der Waals surface area (Å²) in [7, 11) is 0. The number of hydrogen-bond donors (Lipinski definition) is 2. The lowest BCUT2D eigenvalue weighted by atomic mass is 10.1. The first-order valence-corrected chi connectivity index (χ1v) is 7.94. The Kier molecular flexibility index (Phi) is 4.41. The van der Waals surface area contributed by atoms with E-state index in [2.05, 4.69) is 15.3 Å². The van der Waals surface area contributed by atoms with E-state index in [1.807, 2.05) is 25.1 Å². The first kappa shape index (κ1) is 16.9. The molecule has 0 bridgehead atoms. The van der Waals surface area contributed by atoms with Gasteiger partial charge in [-0.3, -0.25) is 14.9 Å². The Hall–Kier alpha value is -2.93. The smallest absolute Gasteiger partial charge is 0.288 e. The number of halogens is 1. The summed E-state index contributed by atoms with van der Waals surface area (Å²) in [4.78, 5) is 30.3. The highest BCUT2D eigenvalue weighted by atomic mass is 35.5. The third-order valence-corrected chi connectivity index (χ3v) is 4.14. The number of nitrogens with zero attached hydrogens (tertiary/aromatic N) is 2. The van der Waals surface area contributed by atoms with E-state index < -0.39 is 16.9 Å². The van der Waals surface area contributed by atoms with Crippen molar-refractivity contribution >= 4 is 34.2 Å². The number of carbonyl (C=O) groups is 1. The van der Waals surface area contributed by atoms with Gasteiger partial charge in [-0.25, -0.2) is 4.98 Å². The van der Waals surface area contributed by atoms with Gasteiger partial charge >= 0.3 is 0 Å². The SMILES string of the molecule is Cc1ccc2nc(C(C)NC(=O)c3ccc(Cl)c([N+](=O)[O-])c3)[nH]c2c1. The van der Waals surface area contributed by atoms with E-state index >= 15 is 0 Å². The molecule has 0 aliphatic rings. The molecule has 0 fully saturated rings. The van der Waals surface area contributed by atoms with Crippen LogP contribution in [-0.4, -0.2) is 20.8 Å². The number of nitro groups is 1. The van der Waals surface area contributed by atoms with Crippen LogP contribution in [0.15, 0.2) is 36.4 Å². The summed E-state index contributed by atoms with van der Waals surface area (Å²) < 4.78 is 0. The number of benzene rings is 2. The highest BCUT2D eigenvalue weighted by Crippen LogP contribution is 2.25. The molecule has 0 aliphatic heterocycles. The van der Waals surface area contributed by atoms with Crippen LogP contribution < -0.4 is 5.32 Å². The number of aromatic nitrogens is 2. The zero-order chi connectivity index (χ0) is 18.1. The van der Waals surface area contributed by atoms with Crippen molar-refractivity contribution in [2.75, 3.05) is 0 Å². The Bertz CT molecular complexity index is 983. The fourth-order valence-corrected chi connectivity index (χ4v) is 2.68. The van der Waals surface area contributed by atoms with Crippen molar-refractivity contribution in [3.63, 3.8) is 0 Å². The van der Waals surface area contributed by atoms with Crippen LogP contribution in [0.25, 0.3) is 11.0 Å². The number of amides is 1. The van der Waals surface area contributed by atoms with Gasteiger partial charge in [-0.2, -0.15) is 0 Å². The second kappa shape index (κ2) is 6.52. The van der Waals surface area contributed by atoms with E-state index in [-0.39, 0.29) is 16.3 Å². The Balaban J connectivity index is 1.82. The van der Waals surface area contributed by atoms with Gasteiger partial charge in [0.1, 0.15) is 10.8 Å². The van der Waals surface area contributed by atoms with E-state index in [4.69, 9.17) is 11.6 Å². The zero-order valence-corrected chi connectivity index (χ0v) is 14.3. The van der Waals surface area contributed by atoms with Gasteiger partial charge in [0.25, 0.3) is 11.6 Å². The summed E-state index contributed by atoms with van der Waals surface area (Å²) in [6.07, 6.45) is 0. The largest absolute Gasteiger partial charge is 0.342 e. The second-order valence-electron chi connectivity index (χ2n) is 5.76. The number of aromatic amines is 1. The van der Waals surface area contributed by atoms with E-state index in [1.54, 1.807) is 6.92 Å². The monoisotopic (exact) mass is 358 g/mol. The number of fused-ring (bicyclic) bond motifs is 1. The minimum Gasteiger partial charge on any atom is -0.342 e. The van der Waals surface area contributed by atoms with Gasteiger partial charge in [0.05, 0.1) is 22.0 Å². The zero-order valence-electron chi connectivity index (χ0n) is 13.5. The van der Waals surface area contributed by atoms with Crippen LogP contribution in [0.4, 0.5) is 5.69 Å². The van der Waals surface area contributed by atoms with Gasteiger partial charge in [0, 0.05) is 11.6 Å². The molecule has 0 radical (unpaired) electrons. The predicted molar refractivity (Wildman–Crippen MR) is 94.8 cm³/mol. The molecule has 8 heteroatoms. The molecule has 3 rings (SSSR count). The summed E-state index contributed by atoms with van der Waals surface area (Å²) in [5, 5.41) is 13.7. The van der Waals surface area contributed by atoms with Crippen LogP contribution in [-0.2, 0) is 0 Å². The molecule has 2 N–H and O–H groups in total. The molecule has 0 spiro atoms. The molecule has 1 amide bonds. The van der Waals surface area contributed by atoms with Crippen LogP contribution in [0.2, 0.25) is 5.02 Å². The third kappa shape index (κ3) is 3.46. The number of imidazole rings is 1. The maximum atomic E-state index is 12.4. The molecule has 1 unspecified atom stereocenters. The summed E-state index contributed by atoms with van der Waals surface area (Å²) in [6.45, 7) is 3.77. The van der Waals surface area contributed by atoms with Crippen LogP contribution in [0.3, 0.4) is 0 Å². The van der Waals surface area contributed by atoms with Crippen molar-refractivity contribution < 1.29 is 9.72 Å². The Labute approximate surface area is 148 Å². The number of nitrogens with one attached hydrogen (secondary N) is 2. The van der Waals surface area contributed by atoms with E-state index in [9.17, 15) is 14.9 Å². The van der Waals surface area contributed by atoms with Gasteiger partial charge < -0.3 is 10.3 Å².